The molecule has 0 radical (unpaired) electrons. The standard InChI is InChI=1S/C56H37N9O.CH2Cl2/c66-54-51-49(37-21-9-3-10-22-37)43-31-29-41(60-43)47(35-17-5-1-6-18-35)39-27-28-40(59-39)48(36-19-7-2-8-20-36)42-30-32-44(61-42)50(38-23-11-4-12-24-38)53(62-51)56(54)52(45-25-13-15-33-57-45)64-65-55(63-56)46-26-14-16-34-58-46;2-1-3/h1-34H,(H3-,57,58,59,60,61,62,63,64,65,66);1H2/t56-;/m0./s1. The summed E-state index contributed by atoms with van der Waals surface area (Å²) < 4.78 is 0. The van der Waals surface area contributed by atoms with Crippen molar-refractivity contribution in [2.24, 2.45) is 10.1 Å². The van der Waals surface area contributed by atoms with E-state index in [4.69, 9.17) is 48.2 Å². The van der Waals surface area contributed by atoms with Gasteiger partial charge in [-0.3, -0.25) is 20.2 Å². The van der Waals surface area contributed by atoms with Crippen LogP contribution in [-0.4, -0.2) is 47.6 Å². The maximum atomic E-state index is 16.5. The molecule has 12 rings (SSSR count). The van der Waals surface area contributed by atoms with Crippen molar-refractivity contribution in [1.82, 2.24) is 35.3 Å². The lowest BCUT2D eigenvalue weighted by atomic mass is 9.80. The number of carbonyl (C=O) groups excluding carboxylic acids is 1. The third kappa shape index (κ3) is 7.81. The molecule has 3 N–H and O–H groups in total. The molecule has 0 unspecified atom stereocenters. The summed E-state index contributed by atoms with van der Waals surface area (Å²) in [5.41, 5.74) is 14.4. The van der Waals surface area contributed by atoms with Crippen molar-refractivity contribution in [3.05, 3.63) is 229 Å². The number of hydrazone groups is 1. The maximum Gasteiger partial charge on any atom is 0.221 e. The third-order valence-corrected chi connectivity index (χ3v) is 12.1. The molecule has 10 aromatic rings. The average Bonchev–Trinajstić information content (AvgIpc) is 4.24. The highest BCUT2D eigenvalue weighted by Crippen LogP contribution is 2.47. The van der Waals surface area contributed by atoms with Crippen LogP contribution in [0.1, 0.15) is 27.6 Å². The summed E-state index contributed by atoms with van der Waals surface area (Å²) in [6.07, 6.45) is 3.38. The Morgan fingerprint density at radius 3 is 1.71 bits per heavy atom. The molecule has 1 atom stereocenters. The first-order valence-electron chi connectivity index (χ1n) is 22.2. The van der Waals surface area contributed by atoms with Gasteiger partial charge in [0.1, 0.15) is 22.6 Å². The molecule has 2 aliphatic heterocycles. The first-order chi connectivity index (χ1) is 34.1. The van der Waals surface area contributed by atoms with Crippen molar-refractivity contribution in [2.75, 3.05) is 5.34 Å². The van der Waals surface area contributed by atoms with Crippen LogP contribution >= 0.6 is 23.2 Å². The molecule has 0 saturated heterocycles. The normalized spacial score (nSPS) is 14.7. The number of carbonyl (C=O) groups is 1. The summed E-state index contributed by atoms with van der Waals surface area (Å²) in [5.74, 6) is -0.0618. The second kappa shape index (κ2) is 18.6. The van der Waals surface area contributed by atoms with Crippen molar-refractivity contribution < 1.29 is 4.79 Å². The first kappa shape index (κ1) is 43.0. The molecule has 6 aromatic heterocycles. The van der Waals surface area contributed by atoms with Gasteiger partial charge >= 0.3 is 0 Å². The average molecular weight is 937 g/mol. The summed E-state index contributed by atoms with van der Waals surface area (Å²) >= 11 is 9.53. The van der Waals surface area contributed by atoms with Crippen molar-refractivity contribution in [1.29, 1.82) is 0 Å². The highest BCUT2D eigenvalue weighted by atomic mass is 35.5. The number of fused-ring (bicyclic) bond motifs is 9. The number of halogens is 2. The van der Waals surface area contributed by atoms with Gasteiger partial charge < -0.3 is 15.0 Å². The predicted octanol–water partition coefficient (Wildman–Crippen LogP) is 12.8. The molecule has 10 nitrogen and oxygen atoms in total. The second-order valence-corrected chi connectivity index (χ2v) is 17.0. The van der Waals surface area contributed by atoms with Gasteiger partial charge in [-0.25, -0.2) is 9.98 Å². The van der Waals surface area contributed by atoms with Crippen LogP contribution in [0, 0.1) is 0 Å². The molecular formula is C57H39Cl2N9O. The fraction of sp³-hybridized carbons (Fsp3) is 0.0351. The van der Waals surface area contributed by atoms with E-state index in [0.29, 0.717) is 50.8 Å². The Morgan fingerprint density at radius 1 is 0.551 bits per heavy atom. The van der Waals surface area contributed by atoms with Crippen molar-refractivity contribution in [2.45, 2.75) is 5.54 Å². The van der Waals surface area contributed by atoms with Gasteiger partial charge in [0.15, 0.2) is 5.84 Å². The molecule has 4 aromatic carbocycles. The fourth-order valence-corrected chi connectivity index (χ4v) is 9.21. The lowest BCUT2D eigenvalue weighted by Gasteiger charge is -2.30. The smallest absolute Gasteiger partial charge is 0.221 e. The van der Waals surface area contributed by atoms with Gasteiger partial charge in [-0.05, 0) is 95.1 Å². The minimum absolute atomic E-state index is 0.194. The highest BCUT2D eigenvalue weighted by molar-refractivity contribution is 6.40. The van der Waals surface area contributed by atoms with Crippen LogP contribution in [-0.2, 0) is 5.54 Å². The first-order valence-corrected chi connectivity index (χ1v) is 23.3. The van der Waals surface area contributed by atoms with Crippen LogP contribution in [0.25, 0.3) is 77.6 Å². The molecule has 1 spiro atoms. The van der Waals surface area contributed by atoms with Crippen LogP contribution in [0.5, 0.6) is 0 Å². The number of aliphatic imine (C=N–C) groups is 1. The molecule has 332 valence electrons. The van der Waals surface area contributed by atoms with Gasteiger partial charge in [0.05, 0.1) is 33.4 Å². The zero-order chi connectivity index (χ0) is 46.7. The van der Waals surface area contributed by atoms with E-state index >= 15 is 4.79 Å². The molecule has 12 heteroatoms. The number of amidine groups is 1. The van der Waals surface area contributed by atoms with E-state index in [2.05, 4.69) is 68.9 Å². The third-order valence-electron chi connectivity index (χ3n) is 12.1. The molecular weight excluding hydrogens is 898 g/mol. The summed E-state index contributed by atoms with van der Waals surface area (Å²) in [6, 6.07) is 63.9. The number of rotatable bonds is 6. The lowest BCUT2D eigenvalue weighted by Crippen LogP contribution is -2.47. The van der Waals surface area contributed by atoms with E-state index in [1.165, 1.54) is 0 Å². The number of benzene rings is 4. The number of H-pyrrole nitrogens is 2. The molecule has 2 aliphatic rings. The molecule has 8 bridgehead atoms. The van der Waals surface area contributed by atoms with Gasteiger partial charge in [0, 0.05) is 52.8 Å². The second-order valence-electron chi connectivity index (χ2n) is 16.2. The molecule has 0 amide bonds. The Bertz CT molecular complexity index is 3700. The van der Waals surface area contributed by atoms with Gasteiger partial charge in [0.2, 0.25) is 11.3 Å². The largest absolute Gasteiger partial charge is 0.642 e. The van der Waals surface area contributed by atoms with E-state index in [1.54, 1.807) is 12.4 Å². The number of aromatic amines is 2. The van der Waals surface area contributed by atoms with Crippen LogP contribution in [0.4, 0.5) is 0 Å². The molecule has 0 aliphatic carbocycles. The van der Waals surface area contributed by atoms with Gasteiger partial charge in [-0.2, -0.15) is 5.10 Å². The quantitative estimate of drug-likeness (QED) is 0.112. The minimum atomic E-state index is -1.86. The van der Waals surface area contributed by atoms with E-state index < -0.39 is 5.54 Å². The Labute approximate surface area is 406 Å². The number of alkyl halides is 2. The Balaban J connectivity index is 0.00000169. The van der Waals surface area contributed by atoms with E-state index in [-0.39, 0.29) is 16.8 Å². The number of hydrogen-bond donors (Lipinski definition) is 3. The zero-order valence-corrected chi connectivity index (χ0v) is 38.2. The molecule has 69 heavy (non-hydrogen) atoms. The van der Waals surface area contributed by atoms with E-state index in [1.807, 2.05) is 146 Å². The lowest BCUT2D eigenvalue weighted by molar-refractivity contribution is 0.0941. The Hall–Kier alpha value is -8.57. The fourth-order valence-electron chi connectivity index (χ4n) is 9.21. The van der Waals surface area contributed by atoms with E-state index in [9.17, 15) is 0 Å². The molecule has 0 fully saturated rings. The number of ketones is 1. The minimum Gasteiger partial charge on any atom is -0.642 e. The van der Waals surface area contributed by atoms with Crippen molar-refractivity contribution in [3.8, 4) is 44.5 Å². The summed E-state index contributed by atoms with van der Waals surface area (Å²) in [6.45, 7) is 0. The summed E-state index contributed by atoms with van der Waals surface area (Å²) in [4.78, 5) is 50.1. The monoisotopic (exact) mass is 935 g/mol. The van der Waals surface area contributed by atoms with Gasteiger partial charge in [0.25, 0.3) is 0 Å². The predicted molar refractivity (Wildman–Crippen MR) is 279 cm³/mol. The van der Waals surface area contributed by atoms with Crippen LogP contribution in [0.3, 0.4) is 0 Å². The van der Waals surface area contributed by atoms with Gasteiger partial charge in [-0.15, -0.1) is 28.7 Å². The number of Topliss-reactive ketones (excluding diaryl/α,β-unsaturated/α-hetero) is 1. The van der Waals surface area contributed by atoms with Crippen LogP contribution < -0.4 is 10.4 Å². The molecule has 0 saturated carbocycles. The number of aromatic nitrogens is 6. The van der Waals surface area contributed by atoms with Crippen molar-refractivity contribution >= 4 is 73.6 Å². The maximum absolute atomic E-state index is 16.5. The van der Waals surface area contributed by atoms with Crippen LogP contribution in [0.2, 0.25) is 0 Å². The zero-order valence-electron chi connectivity index (χ0n) is 36.7. The highest BCUT2D eigenvalue weighted by Gasteiger charge is 2.56. The van der Waals surface area contributed by atoms with Crippen LogP contribution in [0.15, 0.2) is 217 Å². The summed E-state index contributed by atoms with van der Waals surface area (Å²) in [7, 11) is 0. The number of hydrogen-bond acceptors (Lipinski definition) is 7. The van der Waals surface area contributed by atoms with E-state index in [0.717, 1.165) is 55.4 Å². The number of nitrogens with zero attached hydrogens (tertiary/aromatic N) is 6. The Kier molecular flexibility index (Phi) is 11.6. The SMILES string of the molecule is ClCCl.O=C1c2nc(c(-c3ccccc3)c3ccc([nH]3)c(-c3ccccc3)c3ccc([n-]3)[c+](-c3ccccc3)c3ccc([nH]3)c2-c2ccccc2)[C@]12N=C(c1ccccn1)NN=C2c1ccccn1. The topological polar surface area (TPSA) is 138 Å². The number of pyridine rings is 2. The Morgan fingerprint density at radius 2 is 1.09 bits per heavy atom. The number of nitrogens with one attached hydrogen (secondary N) is 3. The summed E-state index contributed by atoms with van der Waals surface area (Å²) in [5, 5.41) is 5.22. The molecule has 8 heterocycles. The van der Waals surface area contributed by atoms with Crippen molar-refractivity contribution in [3.63, 3.8) is 0 Å². The van der Waals surface area contributed by atoms with Gasteiger partial charge in [-0.1, -0.05) is 109 Å².